The molecule has 0 heterocycles. The van der Waals surface area contributed by atoms with Gasteiger partial charge >= 0.3 is 5.69 Å². The highest BCUT2D eigenvalue weighted by Gasteiger charge is 2.21. The van der Waals surface area contributed by atoms with Crippen LogP contribution in [0.4, 0.5) is 10.1 Å². The summed E-state index contributed by atoms with van der Waals surface area (Å²) in [5, 5.41) is 20.0. The molecule has 1 unspecified atom stereocenters. The Bertz CT molecular complexity index is 395. The maximum absolute atomic E-state index is 13.0. The average Bonchev–Trinajstić information content (AvgIpc) is 2.19. The molecule has 0 amide bonds. The minimum Gasteiger partial charge on any atom is -0.502 e. The number of hydrogen-bond donors (Lipinski definition) is 2. The van der Waals surface area contributed by atoms with Crippen LogP contribution in [0.25, 0.3) is 0 Å². The van der Waals surface area contributed by atoms with E-state index in [9.17, 15) is 19.6 Å². The molecule has 0 spiro atoms. The zero-order chi connectivity index (χ0) is 11.6. The Labute approximate surface area is 85.5 Å². The minimum absolute atomic E-state index is 0.157. The number of hydrogen-bond acceptors (Lipinski definition) is 4. The Morgan fingerprint density at radius 2 is 2.27 bits per heavy atom. The Balaban J connectivity index is 3.34. The summed E-state index contributed by atoms with van der Waals surface area (Å²) in [5.41, 5.74) is 4.87. The number of nitrogens with two attached hydrogens (primary N) is 1. The SMILES string of the molecule is CC(CN)c1cc(F)cc([N+](=O)[O-])c1O. The van der Waals surface area contributed by atoms with Gasteiger partial charge in [-0.3, -0.25) is 10.1 Å². The second-order valence-electron chi connectivity index (χ2n) is 3.26. The van der Waals surface area contributed by atoms with Crippen molar-refractivity contribution in [3.05, 3.63) is 33.6 Å². The summed E-state index contributed by atoms with van der Waals surface area (Å²) < 4.78 is 13.0. The highest BCUT2D eigenvalue weighted by atomic mass is 19.1. The van der Waals surface area contributed by atoms with Gasteiger partial charge in [-0.25, -0.2) is 4.39 Å². The van der Waals surface area contributed by atoms with Crippen LogP contribution >= 0.6 is 0 Å². The zero-order valence-corrected chi connectivity index (χ0v) is 8.11. The highest BCUT2D eigenvalue weighted by molar-refractivity contribution is 5.52. The van der Waals surface area contributed by atoms with Gasteiger partial charge in [0.05, 0.1) is 11.0 Å². The number of nitro groups is 1. The zero-order valence-electron chi connectivity index (χ0n) is 8.11. The van der Waals surface area contributed by atoms with Crippen LogP contribution in [-0.4, -0.2) is 16.6 Å². The number of benzene rings is 1. The molecule has 0 aliphatic heterocycles. The van der Waals surface area contributed by atoms with Crippen molar-refractivity contribution in [3.8, 4) is 5.75 Å². The third kappa shape index (κ3) is 2.21. The molecular formula is C9H11FN2O3. The van der Waals surface area contributed by atoms with Crippen LogP contribution < -0.4 is 5.73 Å². The maximum Gasteiger partial charge on any atom is 0.313 e. The van der Waals surface area contributed by atoms with E-state index in [1.54, 1.807) is 6.92 Å². The molecule has 0 aromatic heterocycles. The number of phenols is 1. The summed E-state index contributed by atoms with van der Waals surface area (Å²) in [6.07, 6.45) is 0. The number of aromatic hydroxyl groups is 1. The Hall–Kier alpha value is -1.69. The van der Waals surface area contributed by atoms with Crippen LogP contribution in [0.3, 0.4) is 0 Å². The lowest BCUT2D eigenvalue weighted by molar-refractivity contribution is -0.386. The molecule has 3 N–H and O–H groups in total. The molecule has 1 aromatic rings. The van der Waals surface area contributed by atoms with E-state index < -0.39 is 22.2 Å². The van der Waals surface area contributed by atoms with Crippen molar-refractivity contribution < 1.29 is 14.4 Å². The lowest BCUT2D eigenvalue weighted by Gasteiger charge is -2.10. The Kier molecular flexibility index (Phi) is 3.21. The van der Waals surface area contributed by atoms with E-state index >= 15 is 0 Å². The summed E-state index contributed by atoms with van der Waals surface area (Å²) in [4.78, 5) is 9.66. The van der Waals surface area contributed by atoms with E-state index in [0.29, 0.717) is 6.07 Å². The number of rotatable bonds is 3. The first kappa shape index (κ1) is 11.4. The topological polar surface area (TPSA) is 89.4 Å². The summed E-state index contributed by atoms with van der Waals surface area (Å²) in [5.74, 6) is -1.60. The molecule has 0 fully saturated rings. The molecule has 6 heteroatoms. The van der Waals surface area contributed by atoms with Crippen LogP contribution in [-0.2, 0) is 0 Å². The predicted octanol–water partition coefficient (Wildman–Crippen LogP) is 1.50. The van der Waals surface area contributed by atoms with Gasteiger partial charge < -0.3 is 10.8 Å². The number of nitro benzene ring substituents is 1. The van der Waals surface area contributed by atoms with Crippen molar-refractivity contribution in [2.75, 3.05) is 6.54 Å². The molecule has 5 nitrogen and oxygen atoms in total. The van der Waals surface area contributed by atoms with Crippen molar-refractivity contribution in [2.24, 2.45) is 5.73 Å². The molecular weight excluding hydrogens is 203 g/mol. The van der Waals surface area contributed by atoms with Gasteiger partial charge in [0.15, 0.2) is 5.75 Å². The van der Waals surface area contributed by atoms with Crippen molar-refractivity contribution in [1.29, 1.82) is 0 Å². The molecule has 0 aliphatic carbocycles. The summed E-state index contributed by atoms with van der Waals surface area (Å²) >= 11 is 0. The van der Waals surface area contributed by atoms with Gasteiger partial charge in [0, 0.05) is 5.56 Å². The first-order valence-electron chi connectivity index (χ1n) is 4.34. The first-order valence-corrected chi connectivity index (χ1v) is 4.34. The fourth-order valence-electron chi connectivity index (χ4n) is 1.25. The van der Waals surface area contributed by atoms with Gasteiger partial charge in [-0.1, -0.05) is 6.92 Å². The van der Waals surface area contributed by atoms with E-state index in [0.717, 1.165) is 6.07 Å². The lowest BCUT2D eigenvalue weighted by atomic mass is 9.99. The Morgan fingerprint density at radius 3 is 2.73 bits per heavy atom. The number of nitrogens with zero attached hydrogens (tertiary/aromatic N) is 1. The second kappa shape index (κ2) is 4.22. The van der Waals surface area contributed by atoms with E-state index in [-0.39, 0.29) is 18.0 Å². The summed E-state index contributed by atoms with van der Waals surface area (Å²) in [7, 11) is 0. The summed E-state index contributed by atoms with van der Waals surface area (Å²) in [6.45, 7) is 1.83. The van der Waals surface area contributed by atoms with Crippen LogP contribution in [0.15, 0.2) is 12.1 Å². The highest BCUT2D eigenvalue weighted by Crippen LogP contribution is 2.34. The van der Waals surface area contributed by atoms with Crippen molar-refractivity contribution >= 4 is 5.69 Å². The van der Waals surface area contributed by atoms with E-state index in [1.165, 1.54) is 0 Å². The van der Waals surface area contributed by atoms with Crippen LogP contribution in [0.1, 0.15) is 18.4 Å². The van der Waals surface area contributed by atoms with Crippen LogP contribution in [0, 0.1) is 15.9 Å². The first-order chi connectivity index (χ1) is 6.97. The molecule has 1 aromatic carbocycles. The number of phenolic OH excluding ortho intramolecular Hbond substituents is 1. The molecule has 82 valence electrons. The third-order valence-electron chi connectivity index (χ3n) is 2.17. The van der Waals surface area contributed by atoms with Gasteiger partial charge in [-0.15, -0.1) is 0 Å². The smallest absolute Gasteiger partial charge is 0.313 e. The predicted molar refractivity (Wildman–Crippen MR) is 52.2 cm³/mol. The molecule has 1 rings (SSSR count). The molecule has 0 saturated heterocycles. The standard InChI is InChI=1S/C9H11FN2O3/c1-5(4-11)7-2-6(10)3-8(9(7)13)12(14)15/h2-3,5,13H,4,11H2,1H3. The molecule has 0 radical (unpaired) electrons. The monoisotopic (exact) mass is 214 g/mol. The molecule has 0 aliphatic rings. The largest absolute Gasteiger partial charge is 0.502 e. The lowest BCUT2D eigenvalue weighted by Crippen LogP contribution is -2.10. The van der Waals surface area contributed by atoms with Crippen LogP contribution in [0.5, 0.6) is 5.75 Å². The molecule has 1 atom stereocenters. The minimum atomic E-state index is -0.828. The molecule has 0 saturated carbocycles. The number of halogens is 1. The van der Waals surface area contributed by atoms with Gasteiger partial charge in [-0.2, -0.15) is 0 Å². The van der Waals surface area contributed by atoms with Gasteiger partial charge in [0.25, 0.3) is 0 Å². The quantitative estimate of drug-likeness (QED) is 0.589. The van der Waals surface area contributed by atoms with Gasteiger partial charge in [0.1, 0.15) is 5.82 Å². The second-order valence-corrected chi connectivity index (χ2v) is 3.26. The van der Waals surface area contributed by atoms with Crippen molar-refractivity contribution in [1.82, 2.24) is 0 Å². The molecule has 15 heavy (non-hydrogen) atoms. The Morgan fingerprint density at radius 1 is 1.67 bits per heavy atom. The van der Waals surface area contributed by atoms with Gasteiger partial charge in [0.2, 0.25) is 0 Å². The fourth-order valence-corrected chi connectivity index (χ4v) is 1.25. The average molecular weight is 214 g/mol. The fraction of sp³-hybridized carbons (Fsp3) is 0.333. The normalized spacial score (nSPS) is 12.5. The maximum atomic E-state index is 13.0. The molecule has 0 bridgehead atoms. The van der Waals surface area contributed by atoms with Gasteiger partial charge in [-0.05, 0) is 18.5 Å². The van der Waals surface area contributed by atoms with Crippen molar-refractivity contribution in [3.63, 3.8) is 0 Å². The van der Waals surface area contributed by atoms with Crippen molar-refractivity contribution in [2.45, 2.75) is 12.8 Å². The van der Waals surface area contributed by atoms with E-state index in [2.05, 4.69) is 0 Å². The van der Waals surface area contributed by atoms with E-state index in [1.807, 2.05) is 0 Å². The van der Waals surface area contributed by atoms with Crippen LogP contribution in [0.2, 0.25) is 0 Å². The third-order valence-corrected chi connectivity index (χ3v) is 2.17. The van der Waals surface area contributed by atoms with E-state index in [4.69, 9.17) is 5.73 Å². The summed E-state index contributed by atoms with van der Waals surface area (Å²) in [6, 6.07) is 1.74.